The summed E-state index contributed by atoms with van der Waals surface area (Å²) >= 11 is 0. The van der Waals surface area contributed by atoms with E-state index in [-0.39, 0.29) is 23.2 Å². The second-order valence-corrected chi connectivity index (χ2v) is 8.46. The third kappa shape index (κ3) is 3.49. The Hall–Kier alpha value is -4.19. The van der Waals surface area contributed by atoms with Crippen LogP contribution in [0.3, 0.4) is 0 Å². The van der Waals surface area contributed by atoms with Crippen LogP contribution in [-0.4, -0.2) is 34.9 Å². The highest BCUT2D eigenvalue weighted by Crippen LogP contribution is 2.41. The molecule has 0 spiro atoms. The molecule has 0 saturated carbocycles. The van der Waals surface area contributed by atoms with Gasteiger partial charge in [0, 0.05) is 24.9 Å². The third-order valence-corrected chi connectivity index (χ3v) is 6.61. The molecule has 1 aromatic heterocycles. The summed E-state index contributed by atoms with van der Waals surface area (Å²) in [5, 5.41) is 14.3. The number of aromatic amines is 1. The summed E-state index contributed by atoms with van der Waals surface area (Å²) < 4.78 is 0. The molecule has 2 unspecified atom stereocenters. The van der Waals surface area contributed by atoms with Gasteiger partial charge in [-0.3, -0.25) is 19.4 Å². The standard InChI is InChI=1S/C24H22N6O3/c25-12-17-18(16-7-3-5-13-4-1-2-6-15(13)16)19-21(27-22(17)32)28-24(29-23(19)33)30-10-8-14(9-11-30)20(26)31/h1-7,14,17-18H,8-11H2,(H2,26,31)(H2,27,28,29,32,33). The van der Waals surface area contributed by atoms with Gasteiger partial charge in [-0.15, -0.1) is 0 Å². The third-order valence-electron chi connectivity index (χ3n) is 6.61. The van der Waals surface area contributed by atoms with Gasteiger partial charge in [-0.1, -0.05) is 42.5 Å². The van der Waals surface area contributed by atoms with E-state index < -0.39 is 23.3 Å². The van der Waals surface area contributed by atoms with Crippen LogP contribution in [0.2, 0.25) is 0 Å². The minimum Gasteiger partial charge on any atom is -0.369 e. The van der Waals surface area contributed by atoms with E-state index in [4.69, 9.17) is 5.73 Å². The lowest BCUT2D eigenvalue weighted by atomic mass is 9.77. The number of rotatable bonds is 3. The fraction of sp³-hybridized carbons (Fsp3) is 0.292. The molecule has 2 atom stereocenters. The zero-order chi connectivity index (χ0) is 23.1. The highest BCUT2D eigenvalue weighted by Gasteiger charge is 2.41. The molecule has 0 aliphatic carbocycles. The van der Waals surface area contributed by atoms with Crippen molar-refractivity contribution in [3.05, 3.63) is 63.9 Å². The predicted molar refractivity (Wildman–Crippen MR) is 123 cm³/mol. The van der Waals surface area contributed by atoms with Gasteiger partial charge >= 0.3 is 0 Å². The zero-order valence-corrected chi connectivity index (χ0v) is 17.7. The van der Waals surface area contributed by atoms with E-state index in [1.807, 2.05) is 47.4 Å². The van der Waals surface area contributed by atoms with Crippen LogP contribution >= 0.6 is 0 Å². The van der Waals surface area contributed by atoms with Crippen LogP contribution in [0.4, 0.5) is 11.8 Å². The van der Waals surface area contributed by atoms with Crippen LogP contribution in [0, 0.1) is 23.2 Å². The molecule has 5 rings (SSSR count). The molecule has 1 saturated heterocycles. The maximum atomic E-state index is 13.3. The van der Waals surface area contributed by atoms with Gasteiger partial charge in [-0.25, -0.2) is 0 Å². The monoisotopic (exact) mass is 442 g/mol. The number of aromatic nitrogens is 2. The zero-order valence-electron chi connectivity index (χ0n) is 17.7. The van der Waals surface area contributed by atoms with E-state index in [1.54, 1.807) is 0 Å². The van der Waals surface area contributed by atoms with Crippen LogP contribution in [0.15, 0.2) is 47.3 Å². The second-order valence-electron chi connectivity index (χ2n) is 8.46. The molecule has 2 aliphatic rings. The number of nitrogens with zero attached hydrogens (tertiary/aromatic N) is 3. The first-order valence-corrected chi connectivity index (χ1v) is 10.8. The second kappa shape index (κ2) is 8.06. The highest BCUT2D eigenvalue weighted by atomic mass is 16.2. The Bertz CT molecular complexity index is 1360. The lowest BCUT2D eigenvalue weighted by Gasteiger charge is -2.33. The number of primary amides is 1. The Kier molecular flexibility index (Phi) is 5.05. The molecule has 9 nitrogen and oxygen atoms in total. The average molecular weight is 442 g/mol. The van der Waals surface area contributed by atoms with Gasteiger partial charge in [0.15, 0.2) is 0 Å². The molecule has 2 aliphatic heterocycles. The summed E-state index contributed by atoms with van der Waals surface area (Å²) in [6.07, 6.45) is 1.13. The van der Waals surface area contributed by atoms with Crippen molar-refractivity contribution in [2.75, 3.05) is 23.3 Å². The van der Waals surface area contributed by atoms with Crippen molar-refractivity contribution in [3.63, 3.8) is 0 Å². The first kappa shape index (κ1) is 20.7. The smallest absolute Gasteiger partial charge is 0.258 e. The summed E-state index contributed by atoms with van der Waals surface area (Å²) in [7, 11) is 0. The molecule has 9 heteroatoms. The largest absolute Gasteiger partial charge is 0.369 e. The van der Waals surface area contributed by atoms with Gasteiger partial charge < -0.3 is 16.0 Å². The van der Waals surface area contributed by atoms with Crippen molar-refractivity contribution >= 4 is 34.4 Å². The van der Waals surface area contributed by atoms with Gasteiger partial charge in [0.05, 0.1) is 11.6 Å². The molecule has 0 bridgehead atoms. The number of hydrogen-bond acceptors (Lipinski definition) is 6. The van der Waals surface area contributed by atoms with Crippen molar-refractivity contribution in [1.82, 2.24) is 9.97 Å². The molecule has 4 N–H and O–H groups in total. The number of fused-ring (bicyclic) bond motifs is 2. The number of anilines is 2. The molecule has 3 aromatic rings. The summed E-state index contributed by atoms with van der Waals surface area (Å²) in [4.78, 5) is 46.9. The summed E-state index contributed by atoms with van der Waals surface area (Å²) in [6.45, 7) is 1.02. The van der Waals surface area contributed by atoms with E-state index in [1.165, 1.54) is 0 Å². The average Bonchev–Trinajstić information content (AvgIpc) is 2.82. The molecule has 3 heterocycles. The molecule has 2 aromatic carbocycles. The quantitative estimate of drug-likeness (QED) is 0.564. The van der Waals surface area contributed by atoms with Crippen molar-refractivity contribution in [1.29, 1.82) is 5.26 Å². The minimum atomic E-state index is -1.07. The maximum absolute atomic E-state index is 13.3. The number of nitrogens with two attached hydrogens (primary N) is 1. The van der Waals surface area contributed by atoms with Gasteiger partial charge in [0.1, 0.15) is 11.7 Å². The van der Waals surface area contributed by atoms with E-state index in [0.29, 0.717) is 31.9 Å². The first-order chi connectivity index (χ1) is 16.0. The first-order valence-electron chi connectivity index (χ1n) is 10.8. The molecule has 0 radical (unpaired) electrons. The molecule has 1 fully saturated rings. The summed E-state index contributed by atoms with van der Waals surface area (Å²) in [5.74, 6) is -2.33. The summed E-state index contributed by atoms with van der Waals surface area (Å²) in [5.41, 5.74) is 6.02. The lowest BCUT2D eigenvalue weighted by Crippen LogP contribution is -2.42. The number of nitriles is 1. The molecule has 166 valence electrons. The van der Waals surface area contributed by atoms with Crippen LogP contribution in [0.5, 0.6) is 0 Å². The van der Waals surface area contributed by atoms with Crippen molar-refractivity contribution in [3.8, 4) is 6.07 Å². The molecule has 2 amide bonds. The van der Waals surface area contributed by atoms with E-state index in [2.05, 4.69) is 21.4 Å². The number of H-pyrrole nitrogens is 1. The minimum absolute atomic E-state index is 0.167. The van der Waals surface area contributed by atoms with Gasteiger partial charge in [0.2, 0.25) is 17.8 Å². The molecular weight excluding hydrogens is 420 g/mol. The normalized spacial score (nSPS) is 20.7. The van der Waals surface area contributed by atoms with Crippen LogP contribution in [0.1, 0.15) is 29.9 Å². The van der Waals surface area contributed by atoms with E-state index in [0.717, 1.165) is 16.3 Å². The molecule has 33 heavy (non-hydrogen) atoms. The van der Waals surface area contributed by atoms with Gasteiger partial charge in [-0.05, 0) is 29.2 Å². The van der Waals surface area contributed by atoms with Crippen molar-refractivity contribution in [2.45, 2.75) is 18.8 Å². The number of nitrogens with one attached hydrogen (secondary N) is 2. The van der Waals surface area contributed by atoms with Crippen molar-refractivity contribution < 1.29 is 9.59 Å². The Morgan fingerprint density at radius 1 is 1.12 bits per heavy atom. The number of benzene rings is 2. The van der Waals surface area contributed by atoms with Crippen molar-refractivity contribution in [2.24, 2.45) is 17.6 Å². The fourth-order valence-electron chi connectivity index (χ4n) is 4.88. The van der Waals surface area contributed by atoms with Crippen LogP contribution < -0.4 is 21.5 Å². The molecular formula is C24H22N6O3. The Morgan fingerprint density at radius 2 is 1.85 bits per heavy atom. The van der Waals surface area contributed by atoms with Crippen LogP contribution in [-0.2, 0) is 9.59 Å². The van der Waals surface area contributed by atoms with Crippen LogP contribution in [0.25, 0.3) is 10.8 Å². The number of amides is 2. The number of hydrogen-bond donors (Lipinski definition) is 3. The Labute approximate surface area is 189 Å². The van der Waals surface area contributed by atoms with Gasteiger partial charge in [0.25, 0.3) is 5.56 Å². The van der Waals surface area contributed by atoms with Gasteiger partial charge in [-0.2, -0.15) is 10.2 Å². The maximum Gasteiger partial charge on any atom is 0.258 e. The fourth-order valence-corrected chi connectivity index (χ4v) is 4.88. The Morgan fingerprint density at radius 3 is 2.58 bits per heavy atom. The highest BCUT2D eigenvalue weighted by molar-refractivity contribution is 5.99. The Balaban J connectivity index is 1.61. The van der Waals surface area contributed by atoms with E-state index in [9.17, 15) is 19.6 Å². The number of piperidine rings is 1. The topological polar surface area (TPSA) is 145 Å². The number of carbonyl (C=O) groups excluding carboxylic acids is 2. The lowest BCUT2D eigenvalue weighted by molar-refractivity contribution is -0.122. The summed E-state index contributed by atoms with van der Waals surface area (Å²) in [6, 6.07) is 15.4. The SMILES string of the molecule is N#CC1C(=O)Nc2nc(N3CCC(C(N)=O)CC3)[nH]c(=O)c2C1c1cccc2ccccc12. The number of carbonyl (C=O) groups is 2. The van der Waals surface area contributed by atoms with E-state index >= 15 is 0 Å². The predicted octanol–water partition coefficient (Wildman–Crippen LogP) is 1.85.